The number of hydrogen-bond donors (Lipinski definition) is 1. The molecule has 6 heterocycles. The summed E-state index contributed by atoms with van der Waals surface area (Å²) in [6.45, 7) is 7.09. The normalized spacial score (nSPS) is 25.9. The molecule has 5 aliphatic rings. The number of fused-ring (bicyclic) bond motifs is 7. The number of ether oxygens (including phenoxy) is 4. The summed E-state index contributed by atoms with van der Waals surface area (Å²) in [5.41, 5.74) is -0.999. The van der Waals surface area contributed by atoms with Crippen LogP contribution in [0.25, 0.3) is 32.8 Å². The van der Waals surface area contributed by atoms with Crippen molar-refractivity contribution in [3.63, 3.8) is 0 Å². The molecule has 0 saturated carbocycles. The topological polar surface area (TPSA) is 98.3 Å². The van der Waals surface area contributed by atoms with Crippen molar-refractivity contribution in [2.75, 3.05) is 44.5 Å². The van der Waals surface area contributed by atoms with E-state index >= 15 is 8.78 Å². The average molecular weight is 742 g/mol. The number of halogens is 3. The van der Waals surface area contributed by atoms with Crippen LogP contribution in [-0.4, -0.2) is 90.3 Å². The maximum absolute atomic E-state index is 17.5. The molecular formula is C41H42F3N5O5. The van der Waals surface area contributed by atoms with Gasteiger partial charge in [-0.05, 0) is 88.2 Å². The number of carbonyl (C=O) groups is 1. The fourth-order valence-corrected chi connectivity index (χ4v) is 9.17. The third-order valence-corrected chi connectivity index (χ3v) is 11.8. The average Bonchev–Trinajstić information content (AvgIpc) is 3.78. The number of benzene rings is 3. The molecule has 4 fully saturated rings. The van der Waals surface area contributed by atoms with Crippen LogP contribution in [0.2, 0.25) is 0 Å². The molecule has 0 radical (unpaired) electrons. The zero-order chi connectivity index (χ0) is 37.5. The number of nitrogens with one attached hydrogen (secondary N) is 1. The maximum Gasteiger partial charge on any atom is 0.319 e. The molecule has 0 unspecified atom stereocenters. The number of carbonyl (C=O) groups excluding carboxylic acids is 1. The molecule has 5 aliphatic heterocycles. The minimum absolute atomic E-state index is 0.00692. The highest BCUT2D eigenvalue weighted by atomic mass is 19.1. The van der Waals surface area contributed by atoms with E-state index in [-0.39, 0.29) is 58.7 Å². The number of anilines is 1. The van der Waals surface area contributed by atoms with E-state index in [1.54, 1.807) is 39.0 Å². The molecule has 0 aliphatic carbocycles. The van der Waals surface area contributed by atoms with E-state index < -0.39 is 41.5 Å². The first kappa shape index (κ1) is 34.9. The number of terminal acetylenes is 1. The van der Waals surface area contributed by atoms with Crippen LogP contribution in [0.5, 0.6) is 17.5 Å². The van der Waals surface area contributed by atoms with Crippen molar-refractivity contribution < 1.29 is 36.9 Å². The van der Waals surface area contributed by atoms with E-state index in [0.29, 0.717) is 53.8 Å². The van der Waals surface area contributed by atoms with Gasteiger partial charge in [0.05, 0.1) is 27.9 Å². The van der Waals surface area contributed by atoms with Gasteiger partial charge in [-0.25, -0.2) is 13.2 Å². The number of aromatic nitrogens is 2. The van der Waals surface area contributed by atoms with Gasteiger partial charge in [-0.1, -0.05) is 12.0 Å². The van der Waals surface area contributed by atoms with Gasteiger partial charge >= 0.3 is 12.0 Å². The number of esters is 1. The summed E-state index contributed by atoms with van der Waals surface area (Å²) in [7, 11) is 0. The Hall–Kier alpha value is -4.80. The van der Waals surface area contributed by atoms with Crippen LogP contribution in [0.15, 0.2) is 30.3 Å². The third-order valence-electron chi connectivity index (χ3n) is 11.8. The smallest absolute Gasteiger partial charge is 0.319 e. The van der Waals surface area contributed by atoms with Gasteiger partial charge in [-0.3, -0.25) is 9.69 Å². The Labute approximate surface area is 311 Å². The van der Waals surface area contributed by atoms with E-state index in [1.165, 1.54) is 12.1 Å². The monoisotopic (exact) mass is 741 g/mol. The fourth-order valence-electron chi connectivity index (χ4n) is 9.17. The summed E-state index contributed by atoms with van der Waals surface area (Å²) >= 11 is 0. The molecule has 1 N–H and O–H groups in total. The van der Waals surface area contributed by atoms with Crippen molar-refractivity contribution in [1.82, 2.24) is 20.2 Å². The molecule has 0 amide bonds. The third kappa shape index (κ3) is 5.76. The molecule has 4 saturated heterocycles. The Morgan fingerprint density at radius 1 is 1.11 bits per heavy atom. The SMILES string of the molecule is C#Cc1c(F)ccc2cc(OCOC(=O)C(C)(C)C)cc(-c3cc4c5c(nc(OC[C@@]67CCCN6C[C@H](F)C7)nc5c3F)N3C[C@H]5CC[C@H](N5)[C@H]3CO4)c12. The second kappa shape index (κ2) is 12.9. The van der Waals surface area contributed by atoms with E-state index in [1.807, 2.05) is 0 Å². The van der Waals surface area contributed by atoms with E-state index in [0.717, 1.165) is 32.2 Å². The van der Waals surface area contributed by atoms with E-state index in [9.17, 15) is 9.18 Å². The largest absolute Gasteiger partial charge is 0.491 e. The van der Waals surface area contributed by atoms with Gasteiger partial charge in [0, 0.05) is 42.5 Å². The molecule has 1 aromatic heterocycles. The zero-order valence-electron chi connectivity index (χ0n) is 30.5. The van der Waals surface area contributed by atoms with Gasteiger partial charge in [0.2, 0.25) is 6.79 Å². The molecule has 282 valence electrons. The summed E-state index contributed by atoms with van der Waals surface area (Å²) in [5.74, 6) is 1.77. The quantitative estimate of drug-likeness (QED) is 0.132. The zero-order valence-corrected chi connectivity index (χ0v) is 30.5. The lowest BCUT2D eigenvalue weighted by molar-refractivity contribution is -0.159. The van der Waals surface area contributed by atoms with E-state index in [2.05, 4.69) is 21.0 Å². The highest BCUT2D eigenvalue weighted by Gasteiger charge is 2.50. The number of alkyl halides is 1. The van der Waals surface area contributed by atoms with Crippen LogP contribution in [0.4, 0.5) is 19.0 Å². The van der Waals surface area contributed by atoms with Gasteiger partial charge in [0.25, 0.3) is 0 Å². The van der Waals surface area contributed by atoms with Crippen molar-refractivity contribution in [2.24, 2.45) is 5.41 Å². The number of piperazine rings is 1. The number of nitrogens with zero attached hydrogens (tertiary/aromatic N) is 4. The second-order valence-electron chi connectivity index (χ2n) is 16.3. The first-order valence-corrected chi connectivity index (χ1v) is 18.7. The second-order valence-corrected chi connectivity index (χ2v) is 16.3. The molecule has 2 bridgehead atoms. The van der Waals surface area contributed by atoms with Crippen LogP contribution < -0.4 is 24.4 Å². The number of hydrogen-bond acceptors (Lipinski definition) is 10. The Morgan fingerprint density at radius 3 is 2.78 bits per heavy atom. The molecule has 0 spiro atoms. The predicted octanol–water partition coefficient (Wildman–Crippen LogP) is 6.29. The van der Waals surface area contributed by atoms with Crippen LogP contribution in [0.1, 0.15) is 58.4 Å². The lowest BCUT2D eigenvalue weighted by atomic mass is 9.92. The van der Waals surface area contributed by atoms with Crippen LogP contribution in [0.3, 0.4) is 0 Å². The maximum atomic E-state index is 17.5. The molecular weight excluding hydrogens is 699 g/mol. The highest BCUT2D eigenvalue weighted by Crippen LogP contribution is 2.47. The van der Waals surface area contributed by atoms with Gasteiger partial charge < -0.3 is 29.2 Å². The standard InChI is InChI=1S/C41H42F3N5O5/c1-5-26-29(43)9-7-22-13-25(53-21-54-38(50)40(2,3)4)14-27(33(22)26)28-15-32-34-36(35(28)44)46-39(52-20-41-11-6-12-48(41)17-23(42)16-41)47-37(34)49-18-24-8-10-30(45-24)31(49)19-51-32/h1,7,9,13-15,23-24,30-31,45H,6,8,10-12,16-21H2,2-4H3/t23-,24-,30+,31-,41+/m1/s1. The summed E-state index contributed by atoms with van der Waals surface area (Å²) in [4.78, 5) is 26.4. The Bertz CT molecular complexity index is 2240. The molecule has 10 nitrogen and oxygen atoms in total. The lowest BCUT2D eigenvalue weighted by Gasteiger charge is -2.40. The Morgan fingerprint density at radius 2 is 1.96 bits per heavy atom. The molecule has 3 aromatic carbocycles. The van der Waals surface area contributed by atoms with Gasteiger partial charge in [-0.15, -0.1) is 6.42 Å². The first-order chi connectivity index (χ1) is 25.9. The minimum Gasteiger partial charge on any atom is -0.491 e. The summed E-state index contributed by atoms with van der Waals surface area (Å²) in [6, 6.07) is 7.86. The minimum atomic E-state index is -0.939. The molecule has 13 heteroatoms. The molecule has 9 rings (SSSR count). The molecule has 54 heavy (non-hydrogen) atoms. The van der Waals surface area contributed by atoms with Crippen LogP contribution in [-0.2, 0) is 9.53 Å². The lowest BCUT2D eigenvalue weighted by Crippen LogP contribution is -2.60. The van der Waals surface area contributed by atoms with Crippen molar-refractivity contribution in [3.05, 3.63) is 47.5 Å². The number of rotatable bonds is 7. The predicted molar refractivity (Wildman–Crippen MR) is 196 cm³/mol. The van der Waals surface area contributed by atoms with Crippen LogP contribution in [0, 0.1) is 29.4 Å². The van der Waals surface area contributed by atoms with Crippen molar-refractivity contribution >= 4 is 33.5 Å². The molecule has 4 aromatic rings. The summed E-state index contributed by atoms with van der Waals surface area (Å²) < 4.78 is 71.6. The van der Waals surface area contributed by atoms with Gasteiger partial charge in [0.15, 0.2) is 5.82 Å². The molecule has 5 atom stereocenters. The van der Waals surface area contributed by atoms with Gasteiger partial charge in [0.1, 0.15) is 48.0 Å². The Balaban J connectivity index is 1.20. The van der Waals surface area contributed by atoms with Crippen molar-refractivity contribution in [2.45, 2.75) is 82.7 Å². The van der Waals surface area contributed by atoms with Crippen LogP contribution >= 0.6 is 0 Å². The van der Waals surface area contributed by atoms with Gasteiger partial charge in [-0.2, -0.15) is 9.97 Å². The highest BCUT2D eigenvalue weighted by molar-refractivity contribution is 6.06. The van der Waals surface area contributed by atoms with E-state index in [4.69, 9.17) is 35.3 Å². The van der Waals surface area contributed by atoms with Crippen molar-refractivity contribution in [1.29, 1.82) is 0 Å². The first-order valence-electron chi connectivity index (χ1n) is 18.7. The summed E-state index contributed by atoms with van der Waals surface area (Å²) in [6.07, 6.45) is 9.00. The Kier molecular flexibility index (Phi) is 8.35. The van der Waals surface area contributed by atoms with Crippen molar-refractivity contribution in [3.8, 4) is 41.0 Å². The fraction of sp³-hybridized carbons (Fsp3) is 0.488. The summed E-state index contributed by atoms with van der Waals surface area (Å²) in [5, 5.41) is 4.88.